The van der Waals surface area contributed by atoms with Crippen LogP contribution in [0.5, 0.6) is 28.7 Å². The maximum atomic E-state index is 12.0. The molecular formula is C23H26O8. The second-order valence-electron chi connectivity index (χ2n) is 6.93. The fraction of sp³-hybridized carbons (Fsp3) is 0.348. The molecule has 0 radical (unpaired) electrons. The molecule has 8 heteroatoms. The van der Waals surface area contributed by atoms with Crippen LogP contribution in [0.15, 0.2) is 36.4 Å². The Kier molecular flexibility index (Phi) is 6.60. The van der Waals surface area contributed by atoms with Crippen molar-refractivity contribution in [2.75, 3.05) is 35.2 Å². The van der Waals surface area contributed by atoms with Crippen molar-refractivity contribution in [3.05, 3.63) is 42.0 Å². The van der Waals surface area contributed by atoms with Crippen LogP contribution in [-0.2, 0) is 9.53 Å². The molecule has 31 heavy (non-hydrogen) atoms. The normalized spacial score (nSPS) is 13.9. The van der Waals surface area contributed by atoms with Gasteiger partial charge in [-0.25, -0.2) is 4.79 Å². The highest BCUT2D eigenvalue weighted by atomic mass is 16.7. The first kappa shape index (κ1) is 22.3. The zero-order valence-corrected chi connectivity index (χ0v) is 18.2. The summed E-state index contributed by atoms with van der Waals surface area (Å²) in [6.07, 6.45) is -1.12. The van der Waals surface area contributed by atoms with Gasteiger partial charge in [0.25, 0.3) is 0 Å². The molecule has 0 bridgehead atoms. The number of carbonyl (C=O) groups is 1. The van der Waals surface area contributed by atoms with E-state index in [1.165, 1.54) is 28.4 Å². The molecule has 1 aliphatic rings. The van der Waals surface area contributed by atoms with Gasteiger partial charge in [0.05, 0.1) is 34.5 Å². The Balaban J connectivity index is 2.24. The predicted molar refractivity (Wildman–Crippen MR) is 113 cm³/mol. The highest BCUT2D eigenvalue weighted by Gasteiger charge is 2.31. The van der Waals surface area contributed by atoms with Gasteiger partial charge in [0.2, 0.25) is 12.5 Å². The minimum absolute atomic E-state index is 0.132. The van der Waals surface area contributed by atoms with Crippen molar-refractivity contribution in [2.24, 2.45) is 5.92 Å². The lowest BCUT2D eigenvalue weighted by Gasteiger charge is -2.26. The fourth-order valence-electron chi connectivity index (χ4n) is 3.54. The summed E-state index contributed by atoms with van der Waals surface area (Å²) in [6.45, 7) is 5.61. The van der Waals surface area contributed by atoms with Crippen LogP contribution < -0.4 is 23.7 Å². The molecule has 0 aliphatic carbocycles. The van der Waals surface area contributed by atoms with Gasteiger partial charge in [-0.3, -0.25) is 0 Å². The molecule has 166 valence electrons. The molecule has 1 heterocycles. The Hall–Kier alpha value is -3.39. The van der Waals surface area contributed by atoms with Crippen LogP contribution in [0.3, 0.4) is 0 Å². The Morgan fingerprint density at radius 3 is 2.32 bits per heavy atom. The quantitative estimate of drug-likeness (QED) is 0.503. The number of ether oxygens (including phenoxy) is 6. The summed E-state index contributed by atoms with van der Waals surface area (Å²) in [5.41, 5.74) is 1.87. The van der Waals surface area contributed by atoms with Crippen molar-refractivity contribution < 1.29 is 38.3 Å². The van der Waals surface area contributed by atoms with Crippen LogP contribution >= 0.6 is 0 Å². The first-order chi connectivity index (χ1) is 14.9. The van der Waals surface area contributed by atoms with E-state index in [1.54, 1.807) is 25.1 Å². The van der Waals surface area contributed by atoms with E-state index in [0.29, 0.717) is 45.4 Å². The third-order valence-corrected chi connectivity index (χ3v) is 5.31. The average Bonchev–Trinajstić information content (AvgIpc) is 3.28. The summed E-state index contributed by atoms with van der Waals surface area (Å²) < 4.78 is 32.4. The first-order valence-corrected chi connectivity index (χ1v) is 9.55. The van der Waals surface area contributed by atoms with Gasteiger partial charge in [0.1, 0.15) is 0 Å². The lowest BCUT2D eigenvalue weighted by Crippen LogP contribution is -2.19. The summed E-state index contributed by atoms with van der Waals surface area (Å²) in [6, 6.07) is 7.06. The standard InChI is InChI=1S/C23H26O8/c1-12(13(2)23(25)29-6)20(24)15-10-18(26-3)21(27-4)22(28-5)19(15)14-7-8-16-17(9-14)31-11-30-16/h7-10,12,20,24H,2,11H2,1,3-6H3/t12-,20+/m0/s1. The van der Waals surface area contributed by atoms with Gasteiger partial charge in [0, 0.05) is 17.1 Å². The van der Waals surface area contributed by atoms with E-state index in [0.717, 1.165) is 0 Å². The minimum atomic E-state index is -1.12. The molecule has 0 saturated heterocycles. The second-order valence-corrected chi connectivity index (χ2v) is 6.93. The Labute approximate surface area is 180 Å². The minimum Gasteiger partial charge on any atom is -0.493 e. The van der Waals surface area contributed by atoms with Crippen LogP contribution in [0, 0.1) is 5.92 Å². The van der Waals surface area contributed by atoms with Crippen molar-refractivity contribution in [1.82, 2.24) is 0 Å². The van der Waals surface area contributed by atoms with Gasteiger partial charge < -0.3 is 33.5 Å². The number of carbonyl (C=O) groups excluding carboxylic acids is 1. The summed E-state index contributed by atoms with van der Waals surface area (Å²) in [5.74, 6) is 1.05. The molecule has 0 saturated carbocycles. The molecule has 0 spiro atoms. The van der Waals surface area contributed by atoms with E-state index >= 15 is 0 Å². The van der Waals surface area contributed by atoms with Crippen molar-refractivity contribution >= 4 is 5.97 Å². The summed E-state index contributed by atoms with van der Waals surface area (Å²) in [4.78, 5) is 12.0. The molecule has 2 aromatic rings. The van der Waals surface area contributed by atoms with Crippen molar-refractivity contribution in [1.29, 1.82) is 0 Å². The summed E-state index contributed by atoms with van der Waals surface area (Å²) in [7, 11) is 5.76. The van der Waals surface area contributed by atoms with E-state index in [-0.39, 0.29) is 12.4 Å². The maximum absolute atomic E-state index is 12.0. The fourth-order valence-corrected chi connectivity index (χ4v) is 3.54. The zero-order chi connectivity index (χ0) is 22.7. The second kappa shape index (κ2) is 9.18. The van der Waals surface area contributed by atoms with E-state index in [2.05, 4.69) is 6.58 Å². The van der Waals surface area contributed by atoms with E-state index in [1.807, 2.05) is 6.07 Å². The molecule has 3 rings (SSSR count). The topological polar surface area (TPSA) is 92.7 Å². The summed E-state index contributed by atoms with van der Waals surface area (Å²) in [5, 5.41) is 11.3. The number of benzene rings is 2. The average molecular weight is 430 g/mol. The molecule has 0 fully saturated rings. The van der Waals surface area contributed by atoms with Crippen molar-refractivity contribution in [3.8, 4) is 39.9 Å². The van der Waals surface area contributed by atoms with Crippen LogP contribution in [0.4, 0.5) is 0 Å². The van der Waals surface area contributed by atoms with Gasteiger partial charge in [-0.2, -0.15) is 0 Å². The van der Waals surface area contributed by atoms with E-state index in [4.69, 9.17) is 28.4 Å². The van der Waals surface area contributed by atoms with Crippen LogP contribution in [-0.4, -0.2) is 46.3 Å². The molecule has 1 N–H and O–H groups in total. The molecule has 0 aromatic heterocycles. The molecule has 0 unspecified atom stereocenters. The van der Waals surface area contributed by atoms with Crippen LogP contribution in [0.25, 0.3) is 11.1 Å². The summed E-state index contributed by atoms with van der Waals surface area (Å²) >= 11 is 0. The third-order valence-electron chi connectivity index (χ3n) is 5.31. The number of hydrogen-bond donors (Lipinski definition) is 1. The molecule has 8 nitrogen and oxygen atoms in total. The lowest BCUT2D eigenvalue weighted by atomic mass is 9.86. The van der Waals surface area contributed by atoms with Gasteiger partial charge in [-0.15, -0.1) is 0 Å². The van der Waals surface area contributed by atoms with E-state index in [9.17, 15) is 9.90 Å². The third kappa shape index (κ3) is 3.98. The van der Waals surface area contributed by atoms with Crippen LogP contribution in [0.1, 0.15) is 18.6 Å². The van der Waals surface area contributed by atoms with Gasteiger partial charge in [-0.05, 0) is 29.3 Å². The zero-order valence-electron chi connectivity index (χ0n) is 18.2. The Morgan fingerprint density at radius 2 is 1.71 bits per heavy atom. The largest absolute Gasteiger partial charge is 0.493 e. The number of aliphatic hydroxyl groups excluding tert-OH is 1. The highest BCUT2D eigenvalue weighted by molar-refractivity contribution is 5.88. The number of esters is 1. The van der Waals surface area contributed by atoms with Crippen molar-refractivity contribution in [3.63, 3.8) is 0 Å². The lowest BCUT2D eigenvalue weighted by molar-refractivity contribution is -0.137. The number of aliphatic hydroxyl groups is 1. The molecule has 0 amide bonds. The SMILES string of the molecule is C=C(C(=O)OC)[C@H](C)[C@@H](O)c1cc(OC)c(OC)c(OC)c1-c1ccc2c(c1)OCO2. The predicted octanol–water partition coefficient (Wildman–Crippen LogP) is 3.51. The molecular weight excluding hydrogens is 404 g/mol. The van der Waals surface area contributed by atoms with Gasteiger partial charge >= 0.3 is 5.97 Å². The van der Waals surface area contributed by atoms with Gasteiger partial charge in [-0.1, -0.05) is 19.6 Å². The van der Waals surface area contributed by atoms with E-state index < -0.39 is 18.0 Å². The Bertz CT molecular complexity index is 998. The smallest absolute Gasteiger partial charge is 0.333 e. The Morgan fingerprint density at radius 1 is 1.03 bits per heavy atom. The van der Waals surface area contributed by atoms with Crippen LogP contribution in [0.2, 0.25) is 0 Å². The highest BCUT2D eigenvalue weighted by Crippen LogP contribution is 2.51. The van der Waals surface area contributed by atoms with Crippen molar-refractivity contribution in [2.45, 2.75) is 13.0 Å². The first-order valence-electron chi connectivity index (χ1n) is 9.55. The molecule has 2 atom stereocenters. The number of rotatable bonds is 8. The maximum Gasteiger partial charge on any atom is 0.333 e. The monoisotopic (exact) mass is 430 g/mol. The van der Waals surface area contributed by atoms with Gasteiger partial charge in [0.15, 0.2) is 23.0 Å². The molecule has 2 aromatic carbocycles. The number of hydrogen-bond acceptors (Lipinski definition) is 8. The number of methoxy groups -OCH3 is 4. The molecule has 1 aliphatic heterocycles. The number of fused-ring (bicyclic) bond motifs is 1.